The Morgan fingerprint density at radius 1 is 1.12 bits per heavy atom. The number of nitriles is 1. The summed E-state index contributed by atoms with van der Waals surface area (Å²) in [5.74, 6) is 0.526. The number of rotatable bonds is 14. The van der Waals surface area contributed by atoms with Crippen LogP contribution in [-0.2, 0) is 16.0 Å². The first kappa shape index (κ1) is 37.2. The topological polar surface area (TPSA) is 104 Å². The third-order valence-corrected chi connectivity index (χ3v) is 7.22. The number of carbonyl (C=O) groups excluding carboxylic acids is 2. The minimum absolute atomic E-state index is 0.0517. The van der Waals surface area contributed by atoms with Crippen molar-refractivity contribution in [2.75, 3.05) is 63.9 Å². The maximum atomic E-state index is 11.2. The number of likely N-dealkylation sites (N-methyl/N-ethyl adjacent to an activating group) is 2. The summed E-state index contributed by atoms with van der Waals surface area (Å²) in [6.45, 7) is 22.2. The molecule has 2 amide bonds. The van der Waals surface area contributed by atoms with E-state index in [0.717, 1.165) is 49.9 Å². The molecule has 0 spiro atoms. The fraction of sp³-hybridized carbons (Fsp3) is 0.567. The molecule has 1 fully saturated rings. The molecule has 1 aromatic carbocycles. The van der Waals surface area contributed by atoms with Gasteiger partial charge in [0, 0.05) is 38.8 Å². The van der Waals surface area contributed by atoms with Gasteiger partial charge in [-0.3, -0.25) is 15.0 Å². The normalized spacial score (nSPS) is 13.6. The van der Waals surface area contributed by atoms with E-state index in [4.69, 9.17) is 5.26 Å². The third kappa shape index (κ3) is 16.3. The number of hydrazine groups is 1. The summed E-state index contributed by atoms with van der Waals surface area (Å²) in [5.41, 5.74) is 8.45. The smallest absolute Gasteiger partial charge is 0.237 e. The molecule has 1 heterocycles. The summed E-state index contributed by atoms with van der Waals surface area (Å²) in [5, 5.41) is 12.5. The Morgan fingerprint density at radius 3 is 2.30 bits per heavy atom. The van der Waals surface area contributed by atoms with Gasteiger partial charge in [-0.25, -0.2) is 5.43 Å². The van der Waals surface area contributed by atoms with E-state index in [1.807, 2.05) is 14.0 Å². The van der Waals surface area contributed by atoms with Crippen molar-refractivity contribution in [3.63, 3.8) is 0 Å². The Balaban J connectivity index is 0.000000590. The second kappa shape index (κ2) is 22.9. The Labute approximate surface area is 247 Å². The number of hydrogen-bond donors (Lipinski definition) is 3. The highest BCUT2D eigenvalue weighted by atomic mass is 32.2. The van der Waals surface area contributed by atoms with Gasteiger partial charge in [-0.2, -0.15) is 5.26 Å². The highest BCUT2D eigenvalue weighted by Crippen LogP contribution is 2.30. The molecule has 0 radical (unpaired) electrons. The van der Waals surface area contributed by atoms with Crippen molar-refractivity contribution in [1.82, 2.24) is 25.6 Å². The van der Waals surface area contributed by atoms with E-state index in [1.165, 1.54) is 37.2 Å². The van der Waals surface area contributed by atoms with Crippen LogP contribution >= 0.6 is 11.8 Å². The largest absolute Gasteiger partial charge is 0.362 e. The minimum atomic E-state index is -0.0517. The van der Waals surface area contributed by atoms with E-state index in [2.05, 4.69) is 83.7 Å². The molecule has 9 nitrogen and oxygen atoms in total. The second-order valence-corrected chi connectivity index (χ2v) is 10.2. The van der Waals surface area contributed by atoms with Crippen LogP contribution in [0.4, 0.5) is 5.69 Å². The van der Waals surface area contributed by atoms with Gasteiger partial charge in [0.05, 0.1) is 22.4 Å². The van der Waals surface area contributed by atoms with Crippen molar-refractivity contribution in [3.8, 4) is 6.07 Å². The van der Waals surface area contributed by atoms with E-state index in [9.17, 15) is 9.59 Å². The first-order valence-corrected chi connectivity index (χ1v) is 15.1. The molecule has 2 rings (SSSR count). The highest BCUT2D eigenvalue weighted by molar-refractivity contribution is 8.04. The standard InChI is InChI=1S/C15H24N2.C8H10N2OS.C7H17N3O/c1-4-12-17(6-3)13-11-14-7-9-15(10-8-14)16-5-2;1-3-10-7(11)5-12-8(10)6(2)4-9;1-4-10(3)6-5-8-9-7(2)11/h5,7-10,16H,2,4,6,11-13H2,1,3H3;3,5H2,1-2H3;8H,4-6H2,1-3H3,(H,9,11)/b;8-6+;. The van der Waals surface area contributed by atoms with Crippen molar-refractivity contribution in [2.24, 2.45) is 0 Å². The predicted octanol–water partition coefficient (Wildman–Crippen LogP) is 4.43. The molecule has 0 aromatic heterocycles. The number of benzene rings is 1. The van der Waals surface area contributed by atoms with E-state index >= 15 is 0 Å². The molecule has 0 unspecified atom stereocenters. The molecule has 40 heavy (non-hydrogen) atoms. The van der Waals surface area contributed by atoms with Crippen molar-refractivity contribution in [3.05, 3.63) is 53.2 Å². The van der Waals surface area contributed by atoms with Gasteiger partial charge in [0.2, 0.25) is 11.8 Å². The van der Waals surface area contributed by atoms with Crippen molar-refractivity contribution < 1.29 is 9.59 Å². The number of nitrogens with zero attached hydrogens (tertiary/aromatic N) is 4. The number of hydrogen-bond acceptors (Lipinski definition) is 8. The number of thioether (sulfide) groups is 1. The van der Waals surface area contributed by atoms with Crippen LogP contribution in [0, 0.1) is 11.3 Å². The zero-order valence-corrected chi connectivity index (χ0v) is 26.5. The molecule has 10 heteroatoms. The Kier molecular flexibility index (Phi) is 21.3. The Hall–Kier alpha value is -2.84. The summed E-state index contributed by atoms with van der Waals surface area (Å²) >= 11 is 1.45. The number of anilines is 1. The molecular weight excluding hydrogens is 522 g/mol. The molecule has 1 aliphatic rings. The van der Waals surface area contributed by atoms with Crippen LogP contribution in [0.25, 0.3) is 0 Å². The molecule has 0 saturated carbocycles. The quantitative estimate of drug-likeness (QED) is 0.171. The molecule has 3 N–H and O–H groups in total. The lowest BCUT2D eigenvalue weighted by Gasteiger charge is -2.19. The zero-order valence-electron chi connectivity index (χ0n) is 25.7. The van der Waals surface area contributed by atoms with Crippen LogP contribution in [-0.4, -0.2) is 85.1 Å². The number of allylic oxidation sites excluding steroid dienone is 1. The summed E-state index contributed by atoms with van der Waals surface area (Å²) in [6.07, 6.45) is 4.06. The van der Waals surface area contributed by atoms with Crippen LogP contribution in [0.3, 0.4) is 0 Å². The summed E-state index contributed by atoms with van der Waals surface area (Å²) < 4.78 is 0. The van der Waals surface area contributed by atoms with Gasteiger partial charge < -0.3 is 20.0 Å². The lowest BCUT2D eigenvalue weighted by atomic mass is 10.1. The van der Waals surface area contributed by atoms with E-state index in [0.29, 0.717) is 17.9 Å². The average Bonchev–Trinajstić information content (AvgIpc) is 3.34. The van der Waals surface area contributed by atoms with Gasteiger partial charge in [-0.1, -0.05) is 51.2 Å². The summed E-state index contributed by atoms with van der Waals surface area (Å²) in [6, 6.07) is 10.6. The van der Waals surface area contributed by atoms with Crippen LogP contribution in [0.5, 0.6) is 0 Å². The maximum Gasteiger partial charge on any atom is 0.237 e. The van der Waals surface area contributed by atoms with Crippen LogP contribution in [0.15, 0.2) is 47.6 Å². The Morgan fingerprint density at radius 2 is 1.80 bits per heavy atom. The average molecular weight is 574 g/mol. The fourth-order valence-electron chi connectivity index (χ4n) is 3.59. The molecule has 0 aliphatic carbocycles. The molecule has 224 valence electrons. The van der Waals surface area contributed by atoms with Crippen LogP contribution < -0.4 is 16.2 Å². The third-order valence-electron chi connectivity index (χ3n) is 6.03. The number of nitrogens with one attached hydrogen (secondary N) is 3. The molecule has 1 saturated heterocycles. The molecule has 1 aromatic rings. The fourth-order valence-corrected chi connectivity index (χ4v) is 4.65. The molecule has 0 bridgehead atoms. The molecule has 1 aliphatic heterocycles. The predicted molar refractivity (Wildman–Crippen MR) is 170 cm³/mol. The summed E-state index contributed by atoms with van der Waals surface area (Å²) in [4.78, 5) is 27.9. The van der Waals surface area contributed by atoms with Crippen LogP contribution in [0.1, 0.15) is 53.5 Å². The van der Waals surface area contributed by atoms with Crippen LogP contribution in [0.2, 0.25) is 0 Å². The van der Waals surface area contributed by atoms with Crippen molar-refractivity contribution in [2.45, 2.75) is 54.4 Å². The maximum absolute atomic E-state index is 11.2. The lowest BCUT2D eigenvalue weighted by Crippen LogP contribution is -2.40. The highest BCUT2D eigenvalue weighted by Gasteiger charge is 2.26. The van der Waals surface area contributed by atoms with Gasteiger partial charge in [0.1, 0.15) is 0 Å². The van der Waals surface area contributed by atoms with Gasteiger partial charge in [-0.05, 0) is 77.3 Å². The van der Waals surface area contributed by atoms with Gasteiger partial charge >= 0.3 is 0 Å². The Bertz CT molecular complexity index is 944. The first-order valence-electron chi connectivity index (χ1n) is 14.1. The molecule has 0 atom stereocenters. The molecular formula is C30H51N7O2S. The minimum Gasteiger partial charge on any atom is -0.362 e. The van der Waals surface area contributed by atoms with E-state index in [-0.39, 0.29) is 11.8 Å². The lowest BCUT2D eigenvalue weighted by molar-refractivity contribution is -0.125. The van der Waals surface area contributed by atoms with Crippen molar-refractivity contribution >= 4 is 29.3 Å². The first-order chi connectivity index (χ1) is 19.2. The zero-order chi connectivity index (χ0) is 30.3. The van der Waals surface area contributed by atoms with Gasteiger partial charge in [0.15, 0.2) is 0 Å². The number of carbonyl (C=O) groups is 2. The monoisotopic (exact) mass is 573 g/mol. The van der Waals surface area contributed by atoms with E-state index in [1.54, 1.807) is 18.0 Å². The van der Waals surface area contributed by atoms with Crippen molar-refractivity contribution in [1.29, 1.82) is 5.26 Å². The van der Waals surface area contributed by atoms with Gasteiger partial charge in [-0.15, -0.1) is 0 Å². The van der Waals surface area contributed by atoms with Gasteiger partial charge in [0.25, 0.3) is 0 Å². The SMILES string of the molecule is C=CNc1ccc(CCN(CC)CCC)cc1.CCN(C)CCNNC(C)=O.CCN1C(=O)CS/C1=C(\C)C#N. The number of amides is 2. The van der Waals surface area contributed by atoms with E-state index < -0.39 is 0 Å². The summed E-state index contributed by atoms with van der Waals surface area (Å²) in [7, 11) is 2.04. The second-order valence-electron chi connectivity index (χ2n) is 9.20.